The lowest BCUT2D eigenvalue weighted by Gasteiger charge is -2.26. The maximum atomic E-state index is 12.4. The Morgan fingerprint density at radius 3 is 2.90 bits per heavy atom. The van der Waals surface area contributed by atoms with Crippen LogP contribution in [0.2, 0.25) is 0 Å². The SMILES string of the molecule is COc1cccc2c1OCC(=O)N([C@H](C)c1cccs1)C2. The maximum Gasteiger partial charge on any atom is 0.261 e. The smallest absolute Gasteiger partial charge is 0.261 e. The number of ether oxygens (including phenoxy) is 2. The van der Waals surface area contributed by atoms with Gasteiger partial charge >= 0.3 is 0 Å². The Balaban J connectivity index is 1.94. The molecule has 0 spiro atoms. The van der Waals surface area contributed by atoms with Gasteiger partial charge < -0.3 is 14.4 Å². The fourth-order valence-electron chi connectivity index (χ4n) is 2.53. The first-order chi connectivity index (χ1) is 10.2. The van der Waals surface area contributed by atoms with Crippen LogP contribution in [0.15, 0.2) is 35.7 Å². The number of carbonyl (C=O) groups excluding carboxylic acids is 1. The van der Waals surface area contributed by atoms with Crippen LogP contribution in [-0.4, -0.2) is 24.5 Å². The summed E-state index contributed by atoms with van der Waals surface area (Å²) in [5, 5.41) is 2.03. The fraction of sp³-hybridized carbons (Fsp3) is 0.312. The van der Waals surface area contributed by atoms with Crippen LogP contribution in [0.1, 0.15) is 23.4 Å². The van der Waals surface area contributed by atoms with Gasteiger partial charge in [0.15, 0.2) is 18.1 Å². The molecular formula is C16H17NO3S. The summed E-state index contributed by atoms with van der Waals surface area (Å²) in [5.41, 5.74) is 0.976. The predicted octanol–water partition coefficient (Wildman–Crippen LogP) is 3.24. The van der Waals surface area contributed by atoms with Gasteiger partial charge in [-0.1, -0.05) is 18.2 Å². The minimum atomic E-state index is -0.00541. The third kappa shape index (κ3) is 2.61. The van der Waals surface area contributed by atoms with Gasteiger partial charge in [0.2, 0.25) is 0 Å². The lowest BCUT2D eigenvalue weighted by Crippen LogP contribution is -2.34. The highest BCUT2D eigenvalue weighted by Gasteiger charge is 2.28. The zero-order chi connectivity index (χ0) is 14.8. The molecule has 0 bridgehead atoms. The van der Waals surface area contributed by atoms with E-state index < -0.39 is 0 Å². The van der Waals surface area contributed by atoms with Crippen LogP contribution in [0, 0.1) is 0 Å². The first kappa shape index (κ1) is 13.9. The number of thiophene rings is 1. The Morgan fingerprint density at radius 1 is 1.33 bits per heavy atom. The van der Waals surface area contributed by atoms with Gasteiger partial charge in [0, 0.05) is 10.4 Å². The zero-order valence-electron chi connectivity index (χ0n) is 12.0. The van der Waals surface area contributed by atoms with Gasteiger partial charge in [0.25, 0.3) is 5.91 Å². The number of hydrogen-bond acceptors (Lipinski definition) is 4. The van der Waals surface area contributed by atoms with Gasteiger partial charge in [-0.2, -0.15) is 0 Å². The lowest BCUT2D eigenvalue weighted by molar-refractivity contribution is -0.135. The highest BCUT2D eigenvalue weighted by atomic mass is 32.1. The van der Waals surface area contributed by atoms with Crippen molar-refractivity contribution in [1.29, 1.82) is 0 Å². The van der Waals surface area contributed by atoms with Crippen LogP contribution in [0.25, 0.3) is 0 Å². The summed E-state index contributed by atoms with van der Waals surface area (Å²) in [4.78, 5) is 15.4. The quantitative estimate of drug-likeness (QED) is 0.874. The van der Waals surface area contributed by atoms with E-state index >= 15 is 0 Å². The highest BCUT2D eigenvalue weighted by molar-refractivity contribution is 7.10. The van der Waals surface area contributed by atoms with Crippen molar-refractivity contribution in [3.05, 3.63) is 46.2 Å². The normalized spacial score (nSPS) is 15.9. The van der Waals surface area contributed by atoms with Crippen molar-refractivity contribution in [3.8, 4) is 11.5 Å². The Labute approximate surface area is 127 Å². The summed E-state index contributed by atoms with van der Waals surface area (Å²) >= 11 is 1.66. The van der Waals surface area contributed by atoms with Crippen LogP contribution in [0.3, 0.4) is 0 Å². The molecular weight excluding hydrogens is 286 g/mol. The summed E-state index contributed by atoms with van der Waals surface area (Å²) in [6.45, 7) is 2.63. The van der Waals surface area contributed by atoms with Crippen molar-refractivity contribution < 1.29 is 14.3 Å². The molecule has 0 saturated heterocycles. The van der Waals surface area contributed by atoms with E-state index in [4.69, 9.17) is 9.47 Å². The van der Waals surface area contributed by atoms with Crippen LogP contribution in [0.5, 0.6) is 11.5 Å². The van der Waals surface area contributed by atoms with Crippen molar-refractivity contribution in [3.63, 3.8) is 0 Å². The van der Waals surface area contributed by atoms with E-state index in [1.807, 2.05) is 34.5 Å². The van der Waals surface area contributed by atoms with Crippen LogP contribution in [0.4, 0.5) is 0 Å². The van der Waals surface area contributed by atoms with Gasteiger partial charge in [-0.3, -0.25) is 4.79 Å². The molecule has 0 N–H and O–H groups in total. The minimum Gasteiger partial charge on any atom is -0.493 e. The van der Waals surface area contributed by atoms with E-state index in [0.29, 0.717) is 18.0 Å². The summed E-state index contributed by atoms with van der Waals surface area (Å²) in [5.74, 6) is 1.34. The van der Waals surface area contributed by atoms with Crippen molar-refractivity contribution in [1.82, 2.24) is 4.90 Å². The van der Waals surface area contributed by atoms with Gasteiger partial charge in [0.05, 0.1) is 19.7 Å². The summed E-state index contributed by atoms with van der Waals surface area (Å²) in [6.07, 6.45) is 0. The molecule has 1 aliphatic heterocycles. The number of amides is 1. The average Bonchev–Trinajstić information content (AvgIpc) is 2.98. The number of benzene rings is 1. The molecule has 5 heteroatoms. The predicted molar refractivity (Wildman–Crippen MR) is 81.8 cm³/mol. The molecule has 1 atom stereocenters. The number of carbonyl (C=O) groups is 1. The van der Waals surface area contributed by atoms with E-state index in [1.54, 1.807) is 18.4 Å². The molecule has 1 aromatic heterocycles. The Kier molecular flexibility index (Phi) is 3.84. The molecule has 0 unspecified atom stereocenters. The molecule has 21 heavy (non-hydrogen) atoms. The van der Waals surface area contributed by atoms with Crippen molar-refractivity contribution in [2.24, 2.45) is 0 Å². The number of para-hydroxylation sites is 1. The topological polar surface area (TPSA) is 38.8 Å². The summed E-state index contributed by atoms with van der Waals surface area (Å²) in [7, 11) is 1.61. The van der Waals surface area contributed by atoms with Crippen molar-refractivity contribution >= 4 is 17.2 Å². The Hall–Kier alpha value is -2.01. The lowest BCUT2D eigenvalue weighted by atomic mass is 10.1. The average molecular weight is 303 g/mol. The molecule has 0 radical (unpaired) electrons. The summed E-state index contributed by atoms with van der Waals surface area (Å²) in [6, 6.07) is 9.85. The van der Waals surface area contributed by atoms with E-state index in [9.17, 15) is 4.79 Å². The molecule has 1 aromatic carbocycles. The third-order valence-electron chi connectivity index (χ3n) is 3.70. The molecule has 4 nitrogen and oxygen atoms in total. The largest absolute Gasteiger partial charge is 0.493 e. The number of rotatable bonds is 3. The number of fused-ring (bicyclic) bond motifs is 1. The zero-order valence-corrected chi connectivity index (χ0v) is 12.9. The molecule has 2 heterocycles. The molecule has 2 aromatic rings. The van der Waals surface area contributed by atoms with Crippen LogP contribution >= 0.6 is 11.3 Å². The maximum absolute atomic E-state index is 12.4. The van der Waals surface area contributed by atoms with Crippen molar-refractivity contribution in [2.45, 2.75) is 19.5 Å². The van der Waals surface area contributed by atoms with E-state index in [0.717, 1.165) is 5.56 Å². The molecule has 1 amide bonds. The first-order valence-corrected chi connectivity index (χ1v) is 7.70. The van der Waals surface area contributed by atoms with Gasteiger partial charge in [0.1, 0.15) is 0 Å². The standard InChI is InChI=1S/C16H17NO3S/c1-11(14-7-4-8-21-14)17-9-12-5-3-6-13(19-2)16(12)20-10-15(17)18/h3-8,11H,9-10H2,1-2H3/t11-/m1/s1. The van der Waals surface area contributed by atoms with Crippen LogP contribution in [-0.2, 0) is 11.3 Å². The van der Waals surface area contributed by atoms with E-state index in [1.165, 1.54) is 4.88 Å². The monoisotopic (exact) mass is 303 g/mol. The van der Waals surface area contributed by atoms with E-state index in [-0.39, 0.29) is 18.6 Å². The second-order valence-corrected chi connectivity index (χ2v) is 5.93. The first-order valence-electron chi connectivity index (χ1n) is 6.82. The number of methoxy groups -OCH3 is 1. The minimum absolute atomic E-state index is 0.00541. The molecule has 3 rings (SSSR count). The van der Waals surface area contributed by atoms with Gasteiger partial charge in [-0.15, -0.1) is 11.3 Å². The molecule has 0 saturated carbocycles. The molecule has 0 fully saturated rings. The molecule has 1 aliphatic rings. The Morgan fingerprint density at radius 2 is 2.19 bits per heavy atom. The summed E-state index contributed by atoms with van der Waals surface area (Å²) < 4.78 is 11.0. The molecule has 0 aliphatic carbocycles. The second-order valence-electron chi connectivity index (χ2n) is 4.95. The van der Waals surface area contributed by atoms with E-state index in [2.05, 4.69) is 13.0 Å². The Bertz CT molecular complexity index is 639. The number of hydrogen-bond donors (Lipinski definition) is 0. The highest BCUT2D eigenvalue weighted by Crippen LogP contribution is 2.36. The number of nitrogens with zero attached hydrogens (tertiary/aromatic N) is 1. The van der Waals surface area contributed by atoms with Crippen molar-refractivity contribution in [2.75, 3.05) is 13.7 Å². The fourth-order valence-corrected chi connectivity index (χ4v) is 3.33. The van der Waals surface area contributed by atoms with Crippen LogP contribution < -0.4 is 9.47 Å². The second kappa shape index (κ2) is 5.77. The van der Waals surface area contributed by atoms with Gasteiger partial charge in [-0.25, -0.2) is 0 Å². The van der Waals surface area contributed by atoms with Gasteiger partial charge in [-0.05, 0) is 24.4 Å². The third-order valence-corrected chi connectivity index (χ3v) is 4.75. The molecule has 110 valence electrons.